The monoisotopic (exact) mass is 327 g/mol. The fourth-order valence-corrected chi connectivity index (χ4v) is 4.37. The molecule has 1 atom stereocenters. The standard InChI is InChI=1S/C18H14ClNOS/c19-13-6-7-14-17(10-13)22-18-15(20-14)8-12(9-16(18)21)11-4-2-1-3-5-11/h1-7,10,12,20H,8-9H2. The molecule has 0 aromatic heterocycles. The number of thioether (sulfide) groups is 1. The minimum atomic E-state index is 0.221. The van der Waals surface area contributed by atoms with E-state index in [0.29, 0.717) is 11.4 Å². The molecule has 2 aromatic rings. The lowest BCUT2D eigenvalue weighted by molar-refractivity contribution is -0.115. The van der Waals surface area contributed by atoms with Crippen LogP contribution in [0.4, 0.5) is 5.69 Å². The van der Waals surface area contributed by atoms with Gasteiger partial charge >= 0.3 is 0 Å². The van der Waals surface area contributed by atoms with Crippen LogP contribution in [0.5, 0.6) is 0 Å². The van der Waals surface area contributed by atoms with Crippen LogP contribution in [0, 0.1) is 0 Å². The molecule has 0 saturated heterocycles. The predicted molar refractivity (Wildman–Crippen MR) is 91.4 cm³/mol. The van der Waals surface area contributed by atoms with Gasteiger partial charge in [0.25, 0.3) is 0 Å². The molecule has 0 bridgehead atoms. The Morgan fingerprint density at radius 1 is 1.09 bits per heavy atom. The van der Waals surface area contributed by atoms with Gasteiger partial charge in [0, 0.05) is 22.0 Å². The van der Waals surface area contributed by atoms with Gasteiger partial charge in [-0.3, -0.25) is 4.79 Å². The quantitative estimate of drug-likeness (QED) is 0.779. The Morgan fingerprint density at radius 3 is 2.73 bits per heavy atom. The Balaban J connectivity index is 1.67. The summed E-state index contributed by atoms with van der Waals surface area (Å²) in [7, 11) is 0. The largest absolute Gasteiger partial charge is 0.357 e. The van der Waals surface area contributed by atoms with Gasteiger partial charge in [-0.25, -0.2) is 0 Å². The van der Waals surface area contributed by atoms with Gasteiger partial charge in [-0.05, 0) is 36.1 Å². The van der Waals surface area contributed by atoms with Crippen LogP contribution in [0.15, 0.2) is 64.0 Å². The van der Waals surface area contributed by atoms with E-state index in [1.54, 1.807) is 11.8 Å². The molecule has 0 radical (unpaired) electrons. The summed E-state index contributed by atoms with van der Waals surface area (Å²) in [6, 6.07) is 16.0. The number of Topliss-reactive ketones (excluding diaryl/α,β-unsaturated/α-hetero) is 1. The SMILES string of the molecule is O=C1CC(c2ccccc2)CC2=C1Sc1cc(Cl)ccc1N2. The van der Waals surface area contributed by atoms with Crippen molar-refractivity contribution in [1.82, 2.24) is 0 Å². The lowest BCUT2D eigenvalue weighted by atomic mass is 9.85. The maximum absolute atomic E-state index is 12.6. The topological polar surface area (TPSA) is 29.1 Å². The second-order valence-corrected chi connectivity index (χ2v) is 7.10. The Hall–Kier alpha value is -1.71. The average Bonchev–Trinajstić information content (AvgIpc) is 2.54. The van der Waals surface area contributed by atoms with Gasteiger partial charge in [0.2, 0.25) is 0 Å². The highest BCUT2D eigenvalue weighted by atomic mass is 35.5. The molecule has 0 spiro atoms. The molecular weight excluding hydrogens is 314 g/mol. The molecule has 1 aliphatic carbocycles. The first-order chi connectivity index (χ1) is 10.7. The molecule has 1 N–H and O–H groups in total. The highest BCUT2D eigenvalue weighted by Crippen LogP contribution is 2.47. The van der Waals surface area contributed by atoms with Crippen molar-refractivity contribution < 1.29 is 4.79 Å². The number of ketones is 1. The van der Waals surface area contributed by atoms with E-state index >= 15 is 0 Å². The highest BCUT2D eigenvalue weighted by molar-refractivity contribution is 8.04. The molecule has 1 heterocycles. The van der Waals surface area contributed by atoms with Gasteiger partial charge in [-0.2, -0.15) is 0 Å². The molecule has 0 amide bonds. The molecule has 2 aliphatic rings. The second kappa shape index (κ2) is 5.49. The van der Waals surface area contributed by atoms with E-state index in [1.807, 2.05) is 36.4 Å². The van der Waals surface area contributed by atoms with Gasteiger partial charge < -0.3 is 5.32 Å². The Bertz CT molecular complexity index is 785. The van der Waals surface area contributed by atoms with Crippen molar-refractivity contribution in [1.29, 1.82) is 0 Å². The maximum atomic E-state index is 12.6. The molecule has 2 aromatic carbocycles. The number of hydrogen-bond donors (Lipinski definition) is 1. The van der Waals surface area contributed by atoms with Crippen LogP contribution in [0.2, 0.25) is 5.02 Å². The molecule has 0 saturated carbocycles. The number of nitrogens with one attached hydrogen (secondary N) is 1. The van der Waals surface area contributed by atoms with Gasteiger partial charge in [0.05, 0.1) is 10.6 Å². The second-order valence-electron chi connectivity index (χ2n) is 5.61. The fraction of sp³-hybridized carbons (Fsp3) is 0.167. The van der Waals surface area contributed by atoms with Crippen molar-refractivity contribution in [2.75, 3.05) is 5.32 Å². The van der Waals surface area contributed by atoms with Gasteiger partial charge in [-0.15, -0.1) is 0 Å². The Morgan fingerprint density at radius 2 is 1.91 bits per heavy atom. The Kier molecular flexibility index (Phi) is 3.47. The zero-order chi connectivity index (χ0) is 15.1. The van der Waals surface area contributed by atoms with E-state index in [-0.39, 0.29) is 11.7 Å². The molecule has 22 heavy (non-hydrogen) atoms. The number of carbonyl (C=O) groups is 1. The predicted octanol–water partition coefficient (Wildman–Crippen LogP) is 5.22. The van der Waals surface area contributed by atoms with E-state index in [4.69, 9.17) is 11.6 Å². The van der Waals surface area contributed by atoms with Crippen molar-refractivity contribution in [2.45, 2.75) is 23.7 Å². The molecule has 110 valence electrons. The first-order valence-electron chi connectivity index (χ1n) is 7.26. The number of carbonyl (C=O) groups excluding carboxylic acids is 1. The zero-order valence-corrected chi connectivity index (χ0v) is 13.4. The van der Waals surface area contributed by atoms with E-state index in [1.165, 1.54) is 5.56 Å². The van der Waals surface area contributed by atoms with E-state index in [2.05, 4.69) is 17.4 Å². The van der Waals surface area contributed by atoms with Crippen molar-refractivity contribution in [3.63, 3.8) is 0 Å². The summed E-state index contributed by atoms with van der Waals surface area (Å²) in [5.74, 6) is 0.479. The van der Waals surface area contributed by atoms with Crippen molar-refractivity contribution in [2.24, 2.45) is 0 Å². The number of rotatable bonds is 1. The van der Waals surface area contributed by atoms with Crippen LogP contribution < -0.4 is 5.32 Å². The van der Waals surface area contributed by atoms with Gasteiger partial charge in [0.1, 0.15) is 0 Å². The average molecular weight is 328 g/mol. The third kappa shape index (κ3) is 2.44. The zero-order valence-electron chi connectivity index (χ0n) is 11.8. The van der Waals surface area contributed by atoms with Crippen LogP contribution in [-0.2, 0) is 4.79 Å². The lowest BCUT2D eigenvalue weighted by Crippen LogP contribution is -2.22. The van der Waals surface area contributed by atoms with E-state index < -0.39 is 0 Å². The Labute approximate surface area is 138 Å². The minimum absolute atomic E-state index is 0.221. The smallest absolute Gasteiger partial charge is 0.171 e. The molecular formula is C18H14ClNOS. The van der Waals surface area contributed by atoms with E-state index in [0.717, 1.165) is 27.6 Å². The summed E-state index contributed by atoms with van der Waals surface area (Å²) in [5.41, 5.74) is 3.32. The normalized spacial score (nSPS) is 20.2. The number of fused-ring (bicyclic) bond motifs is 1. The van der Waals surface area contributed by atoms with Crippen molar-refractivity contribution in [3.05, 3.63) is 69.7 Å². The molecule has 1 aliphatic heterocycles. The lowest BCUT2D eigenvalue weighted by Gasteiger charge is -2.31. The van der Waals surface area contributed by atoms with Crippen LogP contribution >= 0.6 is 23.4 Å². The van der Waals surface area contributed by atoms with Gasteiger partial charge in [-0.1, -0.05) is 53.7 Å². The summed E-state index contributed by atoms with van der Waals surface area (Å²) in [6.45, 7) is 0. The third-order valence-corrected chi connectivity index (χ3v) is 5.59. The van der Waals surface area contributed by atoms with Crippen LogP contribution in [0.1, 0.15) is 24.3 Å². The van der Waals surface area contributed by atoms with E-state index in [9.17, 15) is 4.79 Å². The first kappa shape index (κ1) is 13.9. The molecule has 1 unspecified atom stereocenters. The third-order valence-electron chi connectivity index (χ3n) is 4.12. The fourth-order valence-electron chi connectivity index (χ4n) is 3.04. The summed E-state index contributed by atoms with van der Waals surface area (Å²) in [5, 5.41) is 4.13. The molecule has 4 rings (SSSR count). The molecule has 0 fully saturated rings. The summed E-state index contributed by atoms with van der Waals surface area (Å²) in [6.07, 6.45) is 1.45. The van der Waals surface area contributed by atoms with Crippen LogP contribution in [-0.4, -0.2) is 5.78 Å². The summed E-state index contributed by atoms with van der Waals surface area (Å²) in [4.78, 5) is 14.4. The number of allylic oxidation sites excluding steroid dienone is 2. The highest BCUT2D eigenvalue weighted by Gasteiger charge is 2.32. The molecule has 4 heteroatoms. The first-order valence-corrected chi connectivity index (χ1v) is 8.46. The number of hydrogen-bond acceptors (Lipinski definition) is 3. The van der Waals surface area contributed by atoms with Crippen LogP contribution in [0.3, 0.4) is 0 Å². The van der Waals surface area contributed by atoms with Crippen LogP contribution in [0.25, 0.3) is 0 Å². The maximum Gasteiger partial charge on any atom is 0.171 e. The molecule has 2 nitrogen and oxygen atoms in total. The van der Waals surface area contributed by atoms with Crippen molar-refractivity contribution >= 4 is 34.8 Å². The minimum Gasteiger partial charge on any atom is -0.357 e. The summed E-state index contributed by atoms with van der Waals surface area (Å²) < 4.78 is 0. The van der Waals surface area contributed by atoms with Gasteiger partial charge in [0.15, 0.2) is 5.78 Å². The number of halogens is 1. The summed E-state index contributed by atoms with van der Waals surface area (Å²) >= 11 is 7.59. The van der Waals surface area contributed by atoms with Crippen molar-refractivity contribution in [3.8, 4) is 0 Å². The number of anilines is 1. The number of benzene rings is 2.